The highest BCUT2D eigenvalue weighted by Crippen LogP contribution is 2.36. The molecule has 2 heterocycles. The van der Waals surface area contributed by atoms with Crippen LogP contribution in [0.2, 0.25) is 10.0 Å². The minimum absolute atomic E-state index is 0.0516. The molecule has 0 fully saturated rings. The second-order valence-corrected chi connectivity index (χ2v) is 8.59. The van der Waals surface area contributed by atoms with Crippen molar-refractivity contribution in [3.63, 3.8) is 0 Å². The van der Waals surface area contributed by atoms with Gasteiger partial charge in [0.15, 0.2) is 11.5 Å². The molecule has 0 aliphatic heterocycles. The van der Waals surface area contributed by atoms with E-state index in [0.717, 1.165) is 17.7 Å². The molecule has 0 radical (unpaired) electrons. The molecule has 0 aliphatic carbocycles. The van der Waals surface area contributed by atoms with E-state index in [2.05, 4.69) is 10.2 Å². The summed E-state index contributed by atoms with van der Waals surface area (Å²) in [5.41, 5.74) is 2.42. The van der Waals surface area contributed by atoms with Gasteiger partial charge in [-0.05, 0) is 47.5 Å². The summed E-state index contributed by atoms with van der Waals surface area (Å²) in [6, 6.07) is 20.3. The monoisotopic (exact) mass is 514 g/mol. The zero-order chi connectivity index (χ0) is 24.7. The Morgan fingerprint density at radius 3 is 2.17 bits per heavy atom. The lowest BCUT2D eigenvalue weighted by Gasteiger charge is -2.14. The lowest BCUT2D eigenvalue weighted by atomic mass is 10.00. The summed E-state index contributed by atoms with van der Waals surface area (Å²) in [5, 5.41) is 24.9. The minimum Gasteiger partial charge on any atom is -0.380 e. The second-order valence-electron chi connectivity index (χ2n) is 7.74. The van der Waals surface area contributed by atoms with E-state index >= 15 is 0 Å². The number of hydrogen-bond acceptors (Lipinski definition) is 4. The van der Waals surface area contributed by atoms with Crippen LogP contribution in [-0.2, 0) is 6.18 Å². The summed E-state index contributed by atoms with van der Waals surface area (Å²) in [7, 11) is 0. The number of aromatic nitrogens is 4. The number of rotatable bonds is 4. The molecule has 35 heavy (non-hydrogen) atoms. The summed E-state index contributed by atoms with van der Waals surface area (Å²) >= 11 is 12.5. The van der Waals surface area contributed by atoms with Crippen LogP contribution in [-0.4, -0.2) is 24.9 Å². The molecule has 1 N–H and O–H groups in total. The van der Waals surface area contributed by atoms with Crippen LogP contribution in [0, 0.1) is 0 Å². The molecule has 2 aromatic heterocycles. The van der Waals surface area contributed by atoms with Gasteiger partial charge in [0, 0.05) is 16.1 Å². The predicted octanol–water partition coefficient (Wildman–Crippen LogP) is 6.87. The van der Waals surface area contributed by atoms with Gasteiger partial charge in [-0.3, -0.25) is 0 Å². The zero-order valence-corrected chi connectivity index (χ0v) is 19.2. The number of aliphatic hydroxyl groups is 1. The normalized spacial score (nSPS) is 12.7. The highest BCUT2D eigenvalue weighted by atomic mass is 35.5. The Bertz CT molecular complexity index is 1520. The number of alkyl halides is 3. The van der Waals surface area contributed by atoms with Crippen molar-refractivity contribution in [2.45, 2.75) is 12.3 Å². The quantitative estimate of drug-likeness (QED) is 0.284. The molecular formula is C25H15Cl2F3N4O. The van der Waals surface area contributed by atoms with Gasteiger partial charge in [-0.15, -0.1) is 10.2 Å². The third-order valence-corrected chi connectivity index (χ3v) is 6.08. The van der Waals surface area contributed by atoms with Crippen molar-refractivity contribution in [2.75, 3.05) is 0 Å². The Morgan fingerprint density at radius 2 is 1.51 bits per heavy atom. The van der Waals surface area contributed by atoms with Crippen molar-refractivity contribution in [1.29, 1.82) is 0 Å². The first-order chi connectivity index (χ1) is 16.7. The van der Waals surface area contributed by atoms with Crippen LogP contribution in [0.1, 0.15) is 23.1 Å². The highest BCUT2D eigenvalue weighted by Gasteiger charge is 2.30. The van der Waals surface area contributed by atoms with Crippen molar-refractivity contribution >= 4 is 28.8 Å². The van der Waals surface area contributed by atoms with Gasteiger partial charge in [-0.1, -0.05) is 65.7 Å². The molecule has 5 aromatic rings. The van der Waals surface area contributed by atoms with E-state index in [1.54, 1.807) is 30.3 Å². The third-order valence-electron chi connectivity index (χ3n) is 5.50. The van der Waals surface area contributed by atoms with Gasteiger partial charge in [0.05, 0.1) is 10.6 Å². The molecule has 5 nitrogen and oxygen atoms in total. The van der Waals surface area contributed by atoms with Gasteiger partial charge in [0.2, 0.25) is 0 Å². The first-order valence-corrected chi connectivity index (χ1v) is 11.1. The van der Waals surface area contributed by atoms with Gasteiger partial charge in [-0.25, -0.2) is 0 Å². The fourth-order valence-electron chi connectivity index (χ4n) is 3.72. The van der Waals surface area contributed by atoms with Crippen LogP contribution < -0.4 is 0 Å². The van der Waals surface area contributed by atoms with E-state index in [1.807, 2.05) is 24.3 Å². The minimum atomic E-state index is -4.48. The van der Waals surface area contributed by atoms with Crippen LogP contribution in [0.5, 0.6) is 0 Å². The molecule has 5 rings (SSSR count). The number of nitrogens with zero attached hydrogens (tertiary/aromatic N) is 4. The summed E-state index contributed by atoms with van der Waals surface area (Å²) < 4.78 is 40.1. The number of halogens is 5. The van der Waals surface area contributed by atoms with Gasteiger partial charge in [0.1, 0.15) is 11.8 Å². The molecule has 0 spiro atoms. The Labute approximate surface area is 207 Å². The number of hydrogen-bond donors (Lipinski definition) is 1. The van der Waals surface area contributed by atoms with E-state index in [0.29, 0.717) is 32.5 Å². The van der Waals surface area contributed by atoms with Gasteiger partial charge < -0.3 is 5.11 Å². The molecule has 176 valence electrons. The molecule has 0 bridgehead atoms. The number of fused-ring (bicyclic) bond motifs is 1. The molecule has 1 atom stereocenters. The molecule has 3 aromatic carbocycles. The van der Waals surface area contributed by atoms with Crippen LogP contribution in [0.25, 0.3) is 28.0 Å². The zero-order valence-electron chi connectivity index (χ0n) is 17.7. The maximum Gasteiger partial charge on any atom is 0.416 e. The Balaban J connectivity index is 1.66. The van der Waals surface area contributed by atoms with E-state index < -0.39 is 17.8 Å². The van der Waals surface area contributed by atoms with Crippen LogP contribution >= 0.6 is 23.2 Å². The second kappa shape index (κ2) is 8.96. The van der Waals surface area contributed by atoms with Crippen molar-refractivity contribution < 1.29 is 18.3 Å². The maximum atomic E-state index is 12.9. The van der Waals surface area contributed by atoms with E-state index in [1.165, 1.54) is 16.6 Å². The van der Waals surface area contributed by atoms with Crippen molar-refractivity contribution in [2.24, 2.45) is 0 Å². The Morgan fingerprint density at radius 1 is 0.829 bits per heavy atom. The van der Waals surface area contributed by atoms with Crippen molar-refractivity contribution in [3.8, 4) is 22.4 Å². The fraction of sp³-hybridized carbons (Fsp3) is 0.0800. The predicted molar refractivity (Wildman–Crippen MR) is 127 cm³/mol. The van der Waals surface area contributed by atoms with E-state index in [4.69, 9.17) is 28.3 Å². The smallest absolute Gasteiger partial charge is 0.380 e. The van der Waals surface area contributed by atoms with Crippen molar-refractivity contribution in [1.82, 2.24) is 19.8 Å². The Hall–Kier alpha value is -3.46. The molecular weight excluding hydrogens is 500 g/mol. The molecule has 0 amide bonds. The van der Waals surface area contributed by atoms with E-state index in [9.17, 15) is 18.3 Å². The third kappa shape index (κ3) is 4.48. The lowest BCUT2D eigenvalue weighted by molar-refractivity contribution is -0.137. The summed E-state index contributed by atoms with van der Waals surface area (Å²) in [6.07, 6.45) is -5.84. The highest BCUT2D eigenvalue weighted by molar-refractivity contribution is 6.33. The largest absolute Gasteiger partial charge is 0.416 e. The van der Waals surface area contributed by atoms with E-state index in [-0.39, 0.29) is 11.4 Å². The number of aliphatic hydroxyl groups excluding tert-OH is 1. The summed E-state index contributed by atoms with van der Waals surface area (Å²) in [6.45, 7) is 0. The first-order valence-electron chi connectivity index (χ1n) is 10.3. The SMILES string of the molecule is OC(c1ccc(C(F)(F)F)cc1)c1nnc2cc(-c3ccc(Cl)cc3)c(-c3ccccc3Cl)nn12. The lowest BCUT2D eigenvalue weighted by Crippen LogP contribution is -2.10. The molecule has 0 saturated carbocycles. The summed E-state index contributed by atoms with van der Waals surface area (Å²) in [4.78, 5) is 0. The average Bonchev–Trinajstić information content (AvgIpc) is 3.26. The maximum absolute atomic E-state index is 12.9. The average molecular weight is 515 g/mol. The Kier molecular flexibility index (Phi) is 5.96. The van der Waals surface area contributed by atoms with Crippen LogP contribution in [0.4, 0.5) is 13.2 Å². The van der Waals surface area contributed by atoms with Gasteiger partial charge in [0.25, 0.3) is 0 Å². The molecule has 0 aliphatic rings. The molecule has 1 unspecified atom stereocenters. The van der Waals surface area contributed by atoms with Crippen LogP contribution in [0.15, 0.2) is 78.9 Å². The standard InChI is InChI=1S/C25H15Cl2F3N4O/c26-17-11-7-14(8-12-17)19-13-21-31-32-24(23(35)15-5-9-16(10-6-15)25(28,29)30)34(21)33-22(19)18-3-1-2-4-20(18)27/h1-13,23,35H. The summed E-state index contributed by atoms with van der Waals surface area (Å²) in [5.74, 6) is 0.0516. The van der Waals surface area contributed by atoms with Gasteiger partial charge >= 0.3 is 6.18 Å². The number of benzene rings is 3. The molecule has 10 heteroatoms. The molecule has 0 saturated heterocycles. The first kappa shape index (κ1) is 23.3. The van der Waals surface area contributed by atoms with Crippen molar-refractivity contribution in [3.05, 3.63) is 106 Å². The van der Waals surface area contributed by atoms with Gasteiger partial charge in [-0.2, -0.15) is 22.8 Å². The van der Waals surface area contributed by atoms with Crippen LogP contribution in [0.3, 0.4) is 0 Å². The fourth-order valence-corrected chi connectivity index (χ4v) is 4.08. The topological polar surface area (TPSA) is 63.3 Å².